The molecular formula is C14H14N6O2S3. The Bertz CT molecular complexity index is 801. The lowest BCUT2D eigenvalue weighted by Gasteiger charge is -1.90. The Morgan fingerprint density at radius 2 is 1.28 bits per heavy atom. The SMILES string of the molecule is C(Sc1nnc(SCc2noc(C3CC3)n2)s1)c1noc(C2CC2)n1. The molecule has 8 nitrogen and oxygen atoms in total. The molecule has 25 heavy (non-hydrogen) atoms. The number of hydrogen-bond donors (Lipinski definition) is 0. The topological polar surface area (TPSA) is 104 Å². The van der Waals surface area contributed by atoms with E-state index < -0.39 is 0 Å². The van der Waals surface area contributed by atoms with E-state index in [1.54, 1.807) is 34.9 Å². The molecule has 2 aliphatic rings. The summed E-state index contributed by atoms with van der Waals surface area (Å²) in [5.41, 5.74) is 0. The molecule has 0 unspecified atom stereocenters. The van der Waals surface area contributed by atoms with Gasteiger partial charge in [0.1, 0.15) is 0 Å². The van der Waals surface area contributed by atoms with Crippen molar-refractivity contribution in [1.82, 2.24) is 30.5 Å². The van der Waals surface area contributed by atoms with Crippen LogP contribution in [0.25, 0.3) is 0 Å². The fourth-order valence-electron chi connectivity index (χ4n) is 2.21. The van der Waals surface area contributed by atoms with Crippen molar-refractivity contribution in [2.45, 2.75) is 57.7 Å². The van der Waals surface area contributed by atoms with E-state index in [2.05, 4.69) is 30.5 Å². The van der Waals surface area contributed by atoms with Gasteiger partial charge in [-0.3, -0.25) is 0 Å². The molecule has 2 saturated carbocycles. The average Bonchev–Trinajstić information content (AvgIpc) is 3.51. The van der Waals surface area contributed by atoms with Crippen molar-refractivity contribution in [3.63, 3.8) is 0 Å². The molecule has 11 heteroatoms. The van der Waals surface area contributed by atoms with Crippen molar-refractivity contribution in [2.75, 3.05) is 0 Å². The summed E-state index contributed by atoms with van der Waals surface area (Å²) in [5.74, 6) is 5.25. The van der Waals surface area contributed by atoms with E-state index in [0.29, 0.717) is 23.3 Å². The van der Waals surface area contributed by atoms with Gasteiger partial charge in [-0.25, -0.2) is 0 Å². The third-order valence-corrected chi connectivity index (χ3v) is 7.04. The number of nitrogens with zero attached hydrogens (tertiary/aromatic N) is 6. The predicted molar refractivity (Wildman–Crippen MR) is 91.6 cm³/mol. The van der Waals surface area contributed by atoms with Crippen molar-refractivity contribution in [3.05, 3.63) is 23.4 Å². The van der Waals surface area contributed by atoms with Gasteiger partial charge in [-0.2, -0.15) is 9.97 Å². The van der Waals surface area contributed by atoms with Crippen LogP contribution in [-0.4, -0.2) is 30.5 Å². The number of rotatable bonds is 8. The number of aromatic nitrogens is 6. The van der Waals surface area contributed by atoms with Crippen LogP contribution in [0.15, 0.2) is 17.7 Å². The molecule has 0 aromatic carbocycles. The van der Waals surface area contributed by atoms with Gasteiger partial charge in [0, 0.05) is 11.8 Å². The minimum absolute atomic E-state index is 0.487. The first-order valence-electron chi connectivity index (χ1n) is 8.07. The molecule has 5 rings (SSSR count). The van der Waals surface area contributed by atoms with Gasteiger partial charge in [0.25, 0.3) is 0 Å². The highest BCUT2D eigenvalue weighted by Gasteiger charge is 2.30. The summed E-state index contributed by atoms with van der Waals surface area (Å²) in [6.07, 6.45) is 4.64. The molecule has 2 aliphatic carbocycles. The molecule has 0 aliphatic heterocycles. The second-order valence-electron chi connectivity index (χ2n) is 6.06. The molecular weight excluding hydrogens is 380 g/mol. The third kappa shape index (κ3) is 3.87. The molecule has 0 saturated heterocycles. The average molecular weight is 395 g/mol. The molecule has 3 aromatic heterocycles. The zero-order chi connectivity index (χ0) is 16.6. The van der Waals surface area contributed by atoms with E-state index in [4.69, 9.17) is 9.05 Å². The maximum atomic E-state index is 5.26. The molecule has 0 atom stereocenters. The Labute approximate surface area is 155 Å². The third-order valence-electron chi connectivity index (χ3n) is 3.86. The first-order chi connectivity index (χ1) is 12.3. The summed E-state index contributed by atoms with van der Waals surface area (Å²) in [6, 6.07) is 0. The molecule has 0 bridgehead atoms. The van der Waals surface area contributed by atoms with E-state index in [0.717, 1.165) is 57.8 Å². The molecule has 0 spiro atoms. The Morgan fingerprint density at radius 1 is 0.800 bits per heavy atom. The van der Waals surface area contributed by atoms with Crippen LogP contribution in [0.3, 0.4) is 0 Å². The van der Waals surface area contributed by atoms with E-state index in [9.17, 15) is 0 Å². The van der Waals surface area contributed by atoms with Crippen LogP contribution in [0.1, 0.15) is 60.9 Å². The van der Waals surface area contributed by atoms with E-state index >= 15 is 0 Å². The van der Waals surface area contributed by atoms with Gasteiger partial charge in [-0.15, -0.1) is 10.2 Å². The maximum Gasteiger partial charge on any atom is 0.229 e. The van der Waals surface area contributed by atoms with E-state index in [1.807, 2.05) is 0 Å². The van der Waals surface area contributed by atoms with Crippen LogP contribution in [0, 0.1) is 0 Å². The predicted octanol–water partition coefficient (Wildman–Crippen LogP) is 3.64. The van der Waals surface area contributed by atoms with E-state index in [-0.39, 0.29) is 0 Å². The molecule has 0 N–H and O–H groups in total. The Kier molecular flexibility index (Phi) is 4.22. The van der Waals surface area contributed by atoms with Crippen LogP contribution in [0.2, 0.25) is 0 Å². The van der Waals surface area contributed by atoms with Crippen molar-refractivity contribution in [2.24, 2.45) is 0 Å². The Hall–Kier alpha value is -1.46. The Morgan fingerprint density at radius 3 is 1.72 bits per heavy atom. The van der Waals surface area contributed by atoms with Crippen LogP contribution in [0.5, 0.6) is 0 Å². The van der Waals surface area contributed by atoms with Gasteiger partial charge in [-0.05, 0) is 25.7 Å². The maximum absolute atomic E-state index is 5.26. The summed E-state index contributed by atoms with van der Waals surface area (Å²) in [7, 11) is 0. The van der Waals surface area contributed by atoms with Gasteiger partial charge in [0.2, 0.25) is 11.8 Å². The summed E-state index contributed by atoms with van der Waals surface area (Å²) < 4.78 is 12.3. The van der Waals surface area contributed by atoms with Crippen molar-refractivity contribution >= 4 is 34.9 Å². The minimum atomic E-state index is 0.487. The minimum Gasteiger partial charge on any atom is -0.339 e. The van der Waals surface area contributed by atoms with Gasteiger partial charge in [-0.1, -0.05) is 45.2 Å². The highest BCUT2D eigenvalue weighted by Crippen LogP contribution is 2.40. The van der Waals surface area contributed by atoms with Crippen molar-refractivity contribution in [3.8, 4) is 0 Å². The molecule has 130 valence electrons. The zero-order valence-electron chi connectivity index (χ0n) is 13.1. The molecule has 0 radical (unpaired) electrons. The second kappa shape index (κ2) is 6.69. The zero-order valence-corrected chi connectivity index (χ0v) is 15.6. The summed E-state index contributed by atoms with van der Waals surface area (Å²) in [4.78, 5) is 8.83. The lowest BCUT2D eigenvalue weighted by atomic mass is 10.4. The van der Waals surface area contributed by atoms with E-state index in [1.165, 1.54) is 0 Å². The smallest absolute Gasteiger partial charge is 0.229 e. The quantitative estimate of drug-likeness (QED) is 0.526. The second-order valence-corrected chi connectivity index (χ2v) is 9.48. The molecule has 0 amide bonds. The van der Waals surface area contributed by atoms with Gasteiger partial charge in [0.15, 0.2) is 20.3 Å². The van der Waals surface area contributed by atoms with Crippen LogP contribution in [-0.2, 0) is 11.5 Å². The standard InChI is InChI=1S/C14H14N6O2S3/c1-2-7(1)11-15-9(19-21-11)5-23-13-17-18-14(25-13)24-6-10-16-12(22-20-10)8-3-4-8/h7-8H,1-6H2. The van der Waals surface area contributed by atoms with Crippen LogP contribution < -0.4 is 0 Å². The highest BCUT2D eigenvalue weighted by molar-refractivity contribution is 8.02. The van der Waals surface area contributed by atoms with Crippen LogP contribution in [0.4, 0.5) is 0 Å². The summed E-state index contributed by atoms with van der Waals surface area (Å²) >= 11 is 4.70. The highest BCUT2D eigenvalue weighted by atomic mass is 32.2. The van der Waals surface area contributed by atoms with Crippen molar-refractivity contribution < 1.29 is 9.05 Å². The summed E-state index contributed by atoms with van der Waals surface area (Å²) in [5, 5.41) is 16.4. The van der Waals surface area contributed by atoms with Crippen molar-refractivity contribution in [1.29, 1.82) is 0 Å². The number of thioether (sulfide) groups is 2. The fraction of sp³-hybridized carbons (Fsp3) is 0.571. The first-order valence-corrected chi connectivity index (χ1v) is 10.9. The Balaban J connectivity index is 1.12. The number of hydrogen-bond acceptors (Lipinski definition) is 11. The first kappa shape index (κ1) is 15.8. The lowest BCUT2D eigenvalue weighted by Crippen LogP contribution is -1.85. The van der Waals surface area contributed by atoms with Gasteiger partial charge >= 0.3 is 0 Å². The normalized spacial score (nSPS) is 17.3. The molecule has 3 aromatic rings. The van der Waals surface area contributed by atoms with Crippen LogP contribution >= 0.6 is 34.9 Å². The molecule has 3 heterocycles. The summed E-state index contributed by atoms with van der Waals surface area (Å²) in [6.45, 7) is 0. The van der Waals surface area contributed by atoms with Gasteiger partial charge < -0.3 is 9.05 Å². The fourth-order valence-corrected chi connectivity index (χ4v) is 4.92. The van der Waals surface area contributed by atoms with Gasteiger partial charge in [0.05, 0.1) is 11.5 Å². The lowest BCUT2D eigenvalue weighted by molar-refractivity contribution is 0.375. The monoisotopic (exact) mass is 394 g/mol. The molecule has 2 fully saturated rings. The largest absolute Gasteiger partial charge is 0.339 e.